The molecule has 1 aromatic carbocycles. The van der Waals surface area contributed by atoms with E-state index in [1.165, 1.54) is 6.07 Å². The maximum absolute atomic E-state index is 10.9. The van der Waals surface area contributed by atoms with Crippen LogP contribution in [0, 0.1) is 4.77 Å². The molecule has 1 aromatic heterocycles. The number of H-pyrrole nitrogens is 1. The van der Waals surface area contributed by atoms with Crippen LogP contribution >= 0.6 is 12.2 Å². The molecule has 70 valence electrons. The van der Waals surface area contributed by atoms with Crippen LogP contribution in [-0.4, -0.2) is 9.55 Å². The smallest absolute Gasteiger partial charge is 0.251 e. The van der Waals surface area contributed by atoms with Crippen LogP contribution in [0.25, 0.3) is 5.69 Å². The first kappa shape index (κ1) is 8.90. The van der Waals surface area contributed by atoms with E-state index in [9.17, 15) is 4.79 Å². The highest BCUT2D eigenvalue weighted by Crippen LogP contribution is 2.04. The molecule has 2 rings (SSSR count). The molecule has 1 heterocycles. The number of para-hydroxylation sites is 1. The summed E-state index contributed by atoms with van der Waals surface area (Å²) in [6, 6.07) is 11.1. The molecule has 0 radical (unpaired) electrons. The van der Waals surface area contributed by atoms with E-state index in [1.807, 2.05) is 30.3 Å². The Bertz CT molecular complexity index is 542. The summed E-state index contributed by atoms with van der Waals surface area (Å²) in [5, 5.41) is 0. The summed E-state index contributed by atoms with van der Waals surface area (Å²) in [4.78, 5) is 13.5. The van der Waals surface area contributed by atoms with E-state index in [0.717, 1.165) is 5.69 Å². The summed E-state index contributed by atoms with van der Waals surface area (Å²) in [5.74, 6) is 0. The van der Waals surface area contributed by atoms with Crippen molar-refractivity contribution >= 4 is 12.2 Å². The molecule has 3 nitrogen and oxygen atoms in total. The third kappa shape index (κ3) is 1.65. The number of aromatic amines is 1. The van der Waals surface area contributed by atoms with Crippen LogP contribution in [-0.2, 0) is 0 Å². The Morgan fingerprint density at radius 3 is 2.50 bits per heavy atom. The predicted molar refractivity (Wildman–Crippen MR) is 57.2 cm³/mol. The molecule has 0 aliphatic rings. The molecule has 0 amide bonds. The average Bonchev–Trinajstić information content (AvgIpc) is 2.19. The molecule has 0 fully saturated rings. The van der Waals surface area contributed by atoms with Crippen LogP contribution in [0.4, 0.5) is 0 Å². The van der Waals surface area contributed by atoms with Gasteiger partial charge < -0.3 is 0 Å². The van der Waals surface area contributed by atoms with E-state index in [0.29, 0.717) is 4.77 Å². The van der Waals surface area contributed by atoms with Gasteiger partial charge in [0, 0.05) is 18.0 Å². The van der Waals surface area contributed by atoms with Crippen molar-refractivity contribution in [3.05, 3.63) is 57.7 Å². The molecule has 0 saturated heterocycles. The lowest BCUT2D eigenvalue weighted by Crippen LogP contribution is -2.09. The standard InChI is InChI=1S/C10H8N2OS/c13-9-6-7-12(10(14)11-9)8-4-2-1-3-5-8/h1-7H,(H,11,13,14). The lowest BCUT2D eigenvalue weighted by Gasteiger charge is -2.04. The van der Waals surface area contributed by atoms with Crippen LogP contribution in [0.3, 0.4) is 0 Å². The zero-order valence-corrected chi connectivity index (χ0v) is 8.12. The Labute approximate surface area is 85.7 Å². The Kier molecular flexibility index (Phi) is 2.28. The molecule has 0 aliphatic carbocycles. The molecule has 0 saturated carbocycles. The van der Waals surface area contributed by atoms with E-state index >= 15 is 0 Å². The van der Waals surface area contributed by atoms with Gasteiger partial charge in [-0.2, -0.15) is 0 Å². The molecular weight excluding hydrogens is 196 g/mol. The highest BCUT2D eigenvalue weighted by atomic mass is 32.1. The fourth-order valence-corrected chi connectivity index (χ4v) is 1.48. The molecule has 2 aromatic rings. The average molecular weight is 204 g/mol. The maximum atomic E-state index is 10.9. The van der Waals surface area contributed by atoms with Gasteiger partial charge in [-0.3, -0.25) is 14.3 Å². The van der Waals surface area contributed by atoms with Gasteiger partial charge in [0.05, 0.1) is 0 Å². The first-order valence-electron chi connectivity index (χ1n) is 4.15. The van der Waals surface area contributed by atoms with Crippen LogP contribution in [0.5, 0.6) is 0 Å². The minimum atomic E-state index is -0.179. The van der Waals surface area contributed by atoms with Gasteiger partial charge in [-0.25, -0.2) is 0 Å². The number of nitrogens with one attached hydrogen (secondary N) is 1. The molecule has 0 atom stereocenters. The summed E-state index contributed by atoms with van der Waals surface area (Å²) in [6.45, 7) is 0. The second-order valence-corrected chi connectivity index (χ2v) is 3.20. The van der Waals surface area contributed by atoms with Crippen molar-refractivity contribution in [2.75, 3.05) is 0 Å². The molecule has 0 aliphatic heterocycles. The Hall–Kier alpha value is -1.68. The quantitative estimate of drug-likeness (QED) is 0.720. The lowest BCUT2D eigenvalue weighted by atomic mass is 10.3. The number of hydrogen-bond acceptors (Lipinski definition) is 2. The number of aromatic nitrogens is 2. The number of rotatable bonds is 1. The van der Waals surface area contributed by atoms with Crippen LogP contribution in [0.1, 0.15) is 0 Å². The van der Waals surface area contributed by atoms with Crippen molar-refractivity contribution in [2.24, 2.45) is 0 Å². The first-order valence-corrected chi connectivity index (χ1v) is 4.55. The molecule has 0 spiro atoms. The van der Waals surface area contributed by atoms with E-state index in [4.69, 9.17) is 12.2 Å². The maximum Gasteiger partial charge on any atom is 0.251 e. The highest BCUT2D eigenvalue weighted by molar-refractivity contribution is 7.71. The minimum absolute atomic E-state index is 0.179. The van der Waals surface area contributed by atoms with Crippen molar-refractivity contribution in [3.63, 3.8) is 0 Å². The topological polar surface area (TPSA) is 37.8 Å². The fraction of sp³-hybridized carbons (Fsp3) is 0. The van der Waals surface area contributed by atoms with Crippen molar-refractivity contribution in [2.45, 2.75) is 0 Å². The summed E-state index contributed by atoms with van der Waals surface area (Å²) in [7, 11) is 0. The molecule has 0 bridgehead atoms. The van der Waals surface area contributed by atoms with E-state index < -0.39 is 0 Å². The summed E-state index contributed by atoms with van der Waals surface area (Å²) in [5.41, 5.74) is 0.760. The van der Waals surface area contributed by atoms with Gasteiger partial charge in [-0.05, 0) is 24.4 Å². The number of nitrogens with zero attached hydrogens (tertiary/aromatic N) is 1. The summed E-state index contributed by atoms with van der Waals surface area (Å²) < 4.78 is 2.15. The minimum Gasteiger partial charge on any atom is -0.299 e. The molecule has 4 heteroatoms. The Morgan fingerprint density at radius 1 is 1.14 bits per heavy atom. The zero-order chi connectivity index (χ0) is 9.97. The normalized spacial score (nSPS) is 10.0. The van der Waals surface area contributed by atoms with Crippen molar-refractivity contribution in [1.82, 2.24) is 9.55 Å². The monoisotopic (exact) mass is 204 g/mol. The third-order valence-corrected chi connectivity index (χ3v) is 2.16. The van der Waals surface area contributed by atoms with Gasteiger partial charge in [0.2, 0.25) is 0 Å². The SMILES string of the molecule is O=c1ccn(-c2ccccc2)c(=S)[nH]1. The van der Waals surface area contributed by atoms with Gasteiger partial charge in [-0.15, -0.1) is 0 Å². The molecule has 14 heavy (non-hydrogen) atoms. The van der Waals surface area contributed by atoms with Gasteiger partial charge in [0.15, 0.2) is 4.77 Å². The van der Waals surface area contributed by atoms with Crippen LogP contribution in [0.2, 0.25) is 0 Å². The Morgan fingerprint density at radius 2 is 1.86 bits per heavy atom. The van der Waals surface area contributed by atoms with Gasteiger partial charge in [0.25, 0.3) is 5.56 Å². The second-order valence-electron chi connectivity index (χ2n) is 2.82. The van der Waals surface area contributed by atoms with E-state index in [2.05, 4.69) is 4.98 Å². The van der Waals surface area contributed by atoms with Crippen molar-refractivity contribution in [3.8, 4) is 5.69 Å². The van der Waals surface area contributed by atoms with E-state index in [-0.39, 0.29) is 5.56 Å². The second kappa shape index (κ2) is 3.59. The molecular formula is C10H8N2OS. The van der Waals surface area contributed by atoms with Gasteiger partial charge >= 0.3 is 0 Å². The van der Waals surface area contributed by atoms with Gasteiger partial charge in [0.1, 0.15) is 0 Å². The van der Waals surface area contributed by atoms with E-state index in [1.54, 1.807) is 10.8 Å². The first-order chi connectivity index (χ1) is 6.77. The molecule has 1 N–H and O–H groups in total. The number of hydrogen-bond donors (Lipinski definition) is 1. The predicted octanol–water partition coefficient (Wildman–Crippen LogP) is 1.90. The van der Waals surface area contributed by atoms with Gasteiger partial charge in [-0.1, -0.05) is 18.2 Å². The fourth-order valence-electron chi connectivity index (χ4n) is 1.21. The van der Waals surface area contributed by atoms with Crippen molar-refractivity contribution < 1.29 is 0 Å². The largest absolute Gasteiger partial charge is 0.299 e. The lowest BCUT2D eigenvalue weighted by molar-refractivity contribution is 0.937. The van der Waals surface area contributed by atoms with Crippen molar-refractivity contribution in [1.29, 1.82) is 0 Å². The summed E-state index contributed by atoms with van der Waals surface area (Å²) >= 11 is 5.03. The number of benzene rings is 1. The molecule has 0 unspecified atom stereocenters. The third-order valence-electron chi connectivity index (χ3n) is 1.86. The van der Waals surface area contributed by atoms with Crippen LogP contribution < -0.4 is 5.56 Å². The highest BCUT2D eigenvalue weighted by Gasteiger charge is 1.94. The van der Waals surface area contributed by atoms with Crippen LogP contribution in [0.15, 0.2) is 47.4 Å². The summed E-state index contributed by atoms with van der Waals surface area (Å²) in [6.07, 6.45) is 1.66. The Balaban J connectivity index is 2.64. The zero-order valence-electron chi connectivity index (χ0n) is 7.31.